The Balaban J connectivity index is 2.22. The van der Waals surface area contributed by atoms with E-state index in [4.69, 9.17) is 11.2 Å². The van der Waals surface area contributed by atoms with E-state index in [1.54, 1.807) is 12.1 Å². The van der Waals surface area contributed by atoms with Gasteiger partial charge in [0.2, 0.25) is 4.80 Å². The number of aromatic nitrogens is 1. The topological polar surface area (TPSA) is 60.7 Å². The highest BCUT2D eigenvalue weighted by Crippen LogP contribution is 2.22. The van der Waals surface area contributed by atoms with Gasteiger partial charge >= 0.3 is 0 Å². The van der Waals surface area contributed by atoms with E-state index in [9.17, 15) is 12.8 Å². The fraction of sp³-hybridized carbons (Fsp3) is 0.118. The molecule has 0 aliphatic rings. The number of rotatable bonds is 4. The molecule has 8 heteroatoms. The Bertz CT molecular complexity index is 1140. The Kier molecular flexibility index (Phi) is 4.61. The largest absolute Gasteiger partial charge is 0.497 e. The smallest absolute Gasteiger partial charge is 0.285 e. The Morgan fingerprint density at radius 1 is 1.28 bits per heavy atom. The summed E-state index contributed by atoms with van der Waals surface area (Å²) in [5, 5.41) is 0. The SMILES string of the molecule is C#CCn1/c(=N/S(=O)(=O)c2ccc(OC)cc2)sc2cccc(F)c21. The van der Waals surface area contributed by atoms with Crippen molar-refractivity contribution >= 4 is 31.6 Å². The average Bonchev–Trinajstić information content (AvgIpc) is 2.93. The lowest BCUT2D eigenvalue weighted by Crippen LogP contribution is -2.17. The molecule has 0 N–H and O–H groups in total. The number of benzene rings is 2. The molecule has 0 fully saturated rings. The highest BCUT2D eigenvalue weighted by molar-refractivity contribution is 7.90. The number of hydrogen-bond acceptors (Lipinski definition) is 4. The first-order valence-electron chi connectivity index (χ1n) is 7.12. The number of halogens is 1. The van der Waals surface area contributed by atoms with Crippen molar-refractivity contribution in [1.29, 1.82) is 0 Å². The highest BCUT2D eigenvalue weighted by atomic mass is 32.2. The Labute approximate surface area is 148 Å². The molecule has 128 valence electrons. The van der Waals surface area contributed by atoms with Crippen LogP contribution in [0.2, 0.25) is 0 Å². The predicted octanol–water partition coefficient (Wildman–Crippen LogP) is 2.77. The maximum atomic E-state index is 14.1. The third-order valence-electron chi connectivity index (χ3n) is 3.46. The Morgan fingerprint density at radius 2 is 2.00 bits per heavy atom. The fourth-order valence-electron chi connectivity index (χ4n) is 2.30. The van der Waals surface area contributed by atoms with Crippen LogP contribution in [0, 0.1) is 18.2 Å². The lowest BCUT2D eigenvalue weighted by molar-refractivity contribution is 0.414. The molecule has 0 saturated heterocycles. The predicted molar refractivity (Wildman–Crippen MR) is 94.3 cm³/mol. The quantitative estimate of drug-likeness (QED) is 0.658. The summed E-state index contributed by atoms with van der Waals surface area (Å²) in [6, 6.07) is 10.4. The van der Waals surface area contributed by atoms with Gasteiger partial charge in [0.05, 0.1) is 28.8 Å². The summed E-state index contributed by atoms with van der Waals surface area (Å²) < 4.78 is 50.1. The van der Waals surface area contributed by atoms with Gasteiger partial charge in [0.1, 0.15) is 11.6 Å². The second kappa shape index (κ2) is 6.70. The van der Waals surface area contributed by atoms with E-state index in [1.165, 1.54) is 42.0 Å². The standard InChI is InChI=1S/C17H13FN2O3S2/c1-3-11-20-16-14(18)5-4-6-15(16)24-17(20)19-25(21,22)13-9-7-12(23-2)8-10-13/h1,4-10H,11H2,2H3/b19-17-. The van der Waals surface area contributed by atoms with Crippen LogP contribution in [0.5, 0.6) is 5.75 Å². The normalized spacial score (nSPS) is 12.3. The zero-order valence-corrected chi connectivity index (χ0v) is 14.8. The maximum absolute atomic E-state index is 14.1. The van der Waals surface area contributed by atoms with E-state index in [1.807, 2.05) is 0 Å². The molecule has 25 heavy (non-hydrogen) atoms. The number of para-hydroxylation sites is 1. The third-order valence-corrected chi connectivity index (χ3v) is 5.90. The number of sulfonamides is 1. The van der Waals surface area contributed by atoms with Crippen molar-refractivity contribution in [3.63, 3.8) is 0 Å². The zero-order valence-electron chi connectivity index (χ0n) is 13.1. The molecular weight excluding hydrogens is 363 g/mol. The van der Waals surface area contributed by atoms with Crippen LogP contribution in [0.1, 0.15) is 0 Å². The summed E-state index contributed by atoms with van der Waals surface area (Å²) in [6.07, 6.45) is 5.34. The molecule has 1 aromatic heterocycles. The van der Waals surface area contributed by atoms with E-state index < -0.39 is 15.8 Å². The van der Waals surface area contributed by atoms with Crippen molar-refractivity contribution < 1.29 is 17.5 Å². The molecule has 5 nitrogen and oxygen atoms in total. The van der Waals surface area contributed by atoms with Crippen molar-refractivity contribution in [2.75, 3.05) is 7.11 Å². The molecule has 3 aromatic rings. The first-order chi connectivity index (χ1) is 12.0. The van der Waals surface area contributed by atoms with Gasteiger partial charge < -0.3 is 9.30 Å². The van der Waals surface area contributed by atoms with E-state index in [2.05, 4.69) is 10.3 Å². The molecule has 0 saturated carbocycles. The van der Waals surface area contributed by atoms with Gasteiger partial charge in [-0.2, -0.15) is 8.42 Å². The number of methoxy groups -OCH3 is 1. The molecule has 0 aliphatic carbocycles. The Morgan fingerprint density at radius 3 is 2.64 bits per heavy atom. The summed E-state index contributed by atoms with van der Waals surface area (Å²) in [5.74, 6) is 2.46. The molecule has 3 rings (SSSR count). The molecule has 2 aromatic carbocycles. The van der Waals surface area contributed by atoms with Crippen molar-refractivity contribution in [3.8, 4) is 18.1 Å². The van der Waals surface area contributed by atoms with Crippen molar-refractivity contribution in [3.05, 3.63) is 53.1 Å². The molecule has 0 radical (unpaired) electrons. The first kappa shape index (κ1) is 17.2. The minimum atomic E-state index is -3.97. The molecule has 1 heterocycles. The average molecular weight is 376 g/mol. The lowest BCUT2D eigenvalue weighted by atomic mass is 10.3. The number of nitrogens with zero attached hydrogens (tertiary/aromatic N) is 2. The van der Waals surface area contributed by atoms with Crippen LogP contribution in [0.25, 0.3) is 10.2 Å². The molecule has 0 spiro atoms. The Hall–Kier alpha value is -2.63. The number of hydrogen-bond donors (Lipinski definition) is 0. The summed E-state index contributed by atoms with van der Waals surface area (Å²) in [7, 11) is -2.48. The second-order valence-electron chi connectivity index (χ2n) is 5.00. The van der Waals surface area contributed by atoms with Gasteiger partial charge in [-0.1, -0.05) is 23.3 Å². The van der Waals surface area contributed by atoms with Crippen LogP contribution >= 0.6 is 11.3 Å². The van der Waals surface area contributed by atoms with E-state index in [0.717, 1.165) is 11.3 Å². The highest BCUT2D eigenvalue weighted by Gasteiger charge is 2.16. The summed E-state index contributed by atoms with van der Waals surface area (Å²) in [4.78, 5) is 0.132. The monoisotopic (exact) mass is 376 g/mol. The first-order valence-corrected chi connectivity index (χ1v) is 9.38. The maximum Gasteiger partial charge on any atom is 0.285 e. The van der Waals surface area contributed by atoms with Gasteiger partial charge in [0.25, 0.3) is 10.0 Å². The minimum Gasteiger partial charge on any atom is -0.497 e. The number of ether oxygens (including phenoxy) is 1. The summed E-state index contributed by atoms with van der Waals surface area (Å²) in [6.45, 7) is 0.0118. The van der Waals surface area contributed by atoms with Crippen molar-refractivity contribution in [2.24, 2.45) is 4.40 Å². The number of fused-ring (bicyclic) bond motifs is 1. The third kappa shape index (κ3) is 3.29. The van der Waals surface area contributed by atoms with Crippen LogP contribution in [-0.4, -0.2) is 20.1 Å². The number of thiazole rings is 1. The van der Waals surface area contributed by atoms with Gasteiger partial charge in [-0.3, -0.25) is 0 Å². The van der Waals surface area contributed by atoms with E-state index in [0.29, 0.717) is 10.4 Å². The van der Waals surface area contributed by atoms with Crippen molar-refractivity contribution in [2.45, 2.75) is 11.4 Å². The molecular formula is C17H13FN2O3S2. The zero-order chi connectivity index (χ0) is 18.0. The minimum absolute atomic E-state index is 0.0118. The van der Waals surface area contributed by atoms with Gasteiger partial charge in [0, 0.05) is 0 Å². The summed E-state index contributed by atoms with van der Waals surface area (Å²) in [5.41, 5.74) is 0.245. The lowest BCUT2D eigenvalue weighted by Gasteiger charge is -2.02. The van der Waals surface area contributed by atoms with Crippen LogP contribution in [0.15, 0.2) is 51.8 Å². The van der Waals surface area contributed by atoms with Crippen LogP contribution < -0.4 is 9.54 Å². The van der Waals surface area contributed by atoms with E-state index >= 15 is 0 Å². The van der Waals surface area contributed by atoms with Gasteiger partial charge in [-0.15, -0.1) is 10.8 Å². The van der Waals surface area contributed by atoms with Crippen LogP contribution in [0.3, 0.4) is 0 Å². The number of terminal acetylenes is 1. The van der Waals surface area contributed by atoms with Gasteiger partial charge in [0.15, 0.2) is 0 Å². The van der Waals surface area contributed by atoms with Gasteiger partial charge in [-0.05, 0) is 36.4 Å². The van der Waals surface area contributed by atoms with Crippen LogP contribution in [-0.2, 0) is 16.6 Å². The van der Waals surface area contributed by atoms with Crippen molar-refractivity contribution in [1.82, 2.24) is 4.57 Å². The molecule has 0 amide bonds. The molecule has 0 atom stereocenters. The summed E-state index contributed by atoms with van der Waals surface area (Å²) >= 11 is 1.06. The van der Waals surface area contributed by atoms with Crippen LogP contribution in [0.4, 0.5) is 4.39 Å². The second-order valence-corrected chi connectivity index (χ2v) is 7.62. The fourth-order valence-corrected chi connectivity index (χ4v) is 4.54. The molecule has 0 bridgehead atoms. The van der Waals surface area contributed by atoms with E-state index in [-0.39, 0.29) is 21.8 Å². The van der Waals surface area contributed by atoms with Gasteiger partial charge in [-0.25, -0.2) is 4.39 Å². The molecule has 0 aliphatic heterocycles. The molecule has 0 unspecified atom stereocenters.